The predicted molar refractivity (Wildman–Crippen MR) is 64.1 cm³/mol. The smallest absolute Gasteiger partial charge is 0.347 e. The van der Waals surface area contributed by atoms with Crippen LogP contribution in [0.3, 0.4) is 0 Å². The van der Waals surface area contributed by atoms with Crippen molar-refractivity contribution in [1.29, 1.82) is 0 Å². The molecule has 1 aromatic heterocycles. The summed E-state index contributed by atoms with van der Waals surface area (Å²) in [6.45, 7) is 2.10. The Morgan fingerprint density at radius 1 is 1.31 bits per heavy atom. The van der Waals surface area contributed by atoms with Gasteiger partial charge in [0, 0.05) is 6.07 Å². The zero-order chi connectivity index (χ0) is 11.5. The van der Waals surface area contributed by atoms with Gasteiger partial charge in [-0.2, -0.15) is 4.98 Å². The van der Waals surface area contributed by atoms with E-state index in [2.05, 4.69) is 16.9 Å². The molecule has 0 aliphatic carbocycles. The molecule has 82 valence electrons. The van der Waals surface area contributed by atoms with Crippen molar-refractivity contribution in [1.82, 2.24) is 9.97 Å². The first-order chi connectivity index (χ1) is 7.69. The third kappa shape index (κ3) is 2.11. The Morgan fingerprint density at radius 2 is 2.00 bits per heavy atom. The Morgan fingerprint density at radius 3 is 2.56 bits per heavy atom. The highest BCUT2D eigenvalue weighted by molar-refractivity contribution is 5.61. The molecule has 0 radical (unpaired) electrons. The molecular formula is C12H13N3O. The predicted octanol–water partition coefficient (Wildman–Crippen LogP) is 1.58. The fourth-order valence-corrected chi connectivity index (χ4v) is 1.55. The van der Waals surface area contributed by atoms with Gasteiger partial charge in [0.25, 0.3) is 0 Å². The first-order valence-electron chi connectivity index (χ1n) is 5.15. The summed E-state index contributed by atoms with van der Waals surface area (Å²) in [5.74, 6) is 0.235. The van der Waals surface area contributed by atoms with Gasteiger partial charge in [-0.25, -0.2) is 4.79 Å². The lowest BCUT2D eigenvalue weighted by Gasteiger charge is -2.03. The molecular weight excluding hydrogens is 202 g/mol. The number of nitrogens with one attached hydrogen (secondary N) is 1. The van der Waals surface area contributed by atoms with Crippen molar-refractivity contribution >= 4 is 5.82 Å². The summed E-state index contributed by atoms with van der Waals surface area (Å²) in [7, 11) is 0. The number of hydrogen-bond acceptors (Lipinski definition) is 3. The number of aryl methyl sites for hydroxylation is 1. The average molecular weight is 215 g/mol. The summed E-state index contributed by atoms with van der Waals surface area (Å²) in [6, 6.07) is 9.64. The Labute approximate surface area is 93.2 Å². The first kappa shape index (κ1) is 10.4. The SMILES string of the molecule is CCc1ccc(-c2cc(N)nc(=O)[nH]2)cc1. The molecule has 0 aliphatic rings. The van der Waals surface area contributed by atoms with E-state index >= 15 is 0 Å². The van der Waals surface area contributed by atoms with E-state index in [-0.39, 0.29) is 5.82 Å². The second-order valence-electron chi connectivity index (χ2n) is 3.58. The monoisotopic (exact) mass is 215 g/mol. The molecule has 3 N–H and O–H groups in total. The van der Waals surface area contributed by atoms with E-state index in [1.54, 1.807) is 6.07 Å². The van der Waals surface area contributed by atoms with Crippen molar-refractivity contribution in [2.75, 3.05) is 5.73 Å². The van der Waals surface area contributed by atoms with Gasteiger partial charge in [-0.3, -0.25) is 0 Å². The van der Waals surface area contributed by atoms with Crippen LogP contribution in [0.5, 0.6) is 0 Å². The highest BCUT2D eigenvalue weighted by Crippen LogP contribution is 2.17. The molecule has 0 amide bonds. The number of nitrogen functional groups attached to an aromatic ring is 1. The summed E-state index contributed by atoms with van der Waals surface area (Å²) in [5.41, 5.74) is 7.99. The summed E-state index contributed by atoms with van der Waals surface area (Å²) < 4.78 is 0. The molecule has 0 aliphatic heterocycles. The zero-order valence-electron chi connectivity index (χ0n) is 9.03. The van der Waals surface area contributed by atoms with Gasteiger partial charge in [0.15, 0.2) is 0 Å². The van der Waals surface area contributed by atoms with E-state index in [0.717, 1.165) is 12.0 Å². The fourth-order valence-electron chi connectivity index (χ4n) is 1.55. The van der Waals surface area contributed by atoms with Crippen molar-refractivity contribution in [3.63, 3.8) is 0 Å². The molecule has 16 heavy (non-hydrogen) atoms. The molecule has 1 aromatic carbocycles. The van der Waals surface area contributed by atoms with Crippen molar-refractivity contribution in [3.05, 3.63) is 46.4 Å². The average Bonchev–Trinajstić information content (AvgIpc) is 2.28. The molecule has 4 nitrogen and oxygen atoms in total. The number of benzene rings is 1. The maximum atomic E-state index is 11.2. The number of hydrogen-bond donors (Lipinski definition) is 2. The van der Waals surface area contributed by atoms with Crippen LogP contribution in [-0.2, 0) is 6.42 Å². The van der Waals surface area contributed by atoms with Gasteiger partial charge in [0.05, 0.1) is 5.69 Å². The molecule has 0 fully saturated rings. The fraction of sp³-hybridized carbons (Fsp3) is 0.167. The minimum atomic E-state index is -0.422. The van der Waals surface area contributed by atoms with Gasteiger partial charge in [0.1, 0.15) is 5.82 Å². The van der Waals surface area contributed by atoms with Crippen molar-refractivity contribution < 1.29 is 0 Å². The van der Waals surface area contributed by atoms with Crippen LogP contribution < -0.4 is 11.4 Å². The number of H-pyrrole nitrogens is 1. The highest BCUT2D eigenvalue weighted by Gasteiger charge is 2.01. The lowest BCUT2D eigenvalue weighted by molar-refractivity contribution is 1.09. The summed E-state index contributed by atoms with van der Waals surface area (Å²) in [4.78, 5) is 17.4. The Kier molecular flexibility index (Phi) is 2.72. The molecule has 0 atom stereocenters. The van der Waals surface area contributed by atoms with Crippen LogP contribution in [0.2, 0.25) is 0 Å². The number of rotatable bonds is 2. The van der Waals surface area contributed by atoms with Crippen LogP contribution in [0, 0.1) is 0 Å². The second kappa shape index (κ2) is 4.18. The van der Waals surface area contributed by atoms with Crippen LogP contribution in [0.4, 0.5) is 5.82 Å². The Balaban J connectivity index is 2.46. The van der Waals surface area contributed by atoms with E-state index in [9.17, 15) is 4.79 Å². The van der Waals surface area contributed by atoms with E-state index in [1.165, 1.54) is 5.56 Å². The van der Waals surface area contributed by atoms with Crippen LogP contribution in [0.15, 0.2) is 35.1 Å². The van der Waals surface area contributed by atoms with Crippen molar-refractivity contribution in [2.45, 2.75) is 13.3 Å². The molecule has 0 spiro atoms. The van der Waals surface area contributed by atoms with Gasteiger partial charge < -0.3 is 10.7 Å². The molecule has 0 saturated heterocycles. The quantitative estimate of drug-likeness (QED) is 0.798. The summed E-state index contributed by atoms with van der Waals surface area (Å²) >= 11 is 0. The molecule has 4 heteroatoms. The summed E-state index contributed by atoms with van der Waals surface area (Å²) in [6.07, 6.45) is 0.995. The van der Waals surface area contributed by atoms with Gasteiger partial charge in [-0.1, -0.05) is 31.2 Å². The van der Waals surface area contributed by atoms with E-state index in [0.29, 0.717) is 5.69 Å². The normalized spacial score (nSPS) is 10.3. The molecule has 2 rings (SSSR count). The van der Waals surface area contributed by atoms with Gasteiger partial charge in [0.2, 0.25) is 0 Å². The number of anilines is 1. The van der Waals surface area contributed by atoms with E-state index < -0.39 is 5.69 Å². The van der Waals surface area contributed by atoms with Gasteiger partial charge in [-0.05, 0) is 17.5 Å². The Bertz CT molecular complexity index is 543. The molecule has 0 unspecified atom stereocenters. The number of aromatic nitrogens is 2. The second-order valence-corrected chi connectivity index (χ2v) is 3.58. The topological polar surface area (TPSA) is 71.8 Å². The highest BCUT2D eigenvalue weighted by atomic mass is 16.1. The molecule has 0 saturated carbocycles. The minimum Gasteiger partial charge on any atom is -0.383 e. The number of nitrogens with two attached hydrogens (primary N) is 1. The third-order valence-corrected chi connectivity index (χ3v) is 2.44. The lowest BCUT2D eigenvalue weighted by atomic mass is 10.1. The number of aromatic amines is 1. The van der Waals surface area contributed by atoms with Gasteiger partial charge in [-0.15, -0.1) is 0 Å². The van der Waals surface area contributed by atoms with Crippen LogP contribution in [-0.4, -0.2) is 9.97 Å². The largest absolute Gasteiger partial charge is 0.383 e. The number of nitrogens with zero attached hydrogens (tertiary/aromatic N) is 1. The van der Waals surface area contributed by atoms with Gasteiger partial charge >= 0.3 is 5.69 Å². The third-order valence-electron chi connectivity index (χ3n) is 2.44. The molecule has 2 aromatic rings. The zero-order valence-corrected chi connectivity index (χ0v) is 9.03. The van der Waals surface area contributed by atoms with Crippen LogP contribution in [0.1, 0.15) is 12.5 Å². The summed E-state index contributed by atoms with van der Waals surface area (Å²) in [5, 5.41) is 0. The van der Waals surface area contributed by atoms with Crippen molar-refractivity contribution in [3.8, 4) is 11.3 Å². The molecule has 0 bridgehead atoms. The maximum Gasteiger partial charge on any atom is 0.347 e. The van der Waals surface area contributed by atoms with Crippen molar-refractivity contribution in [2.24, 2.45) is 0 Å². The maximum absolute atomic E-state index is 11.2. The first-order valence-corrected chi connectivity index (χ1v) is 5.15. The molecule has 1 heterocycles. The minimum absolute atomic E-state index is 0.235. The standard InChI is InChI=1S/C12H13N3O/c1-2-8-3-5-9(6-4-8)10-7-11(13)15-12(16)14-10/h3-7H,2H2,1H3,(H3,13,14,15,16). The van der Waals surface area contributed by atoms with E-state index in [4.69, 9.17) is 5.73 Å². The van der Waals surface area contributed by atoms with E-state index in [1.807, 2.05) is 24.3 Å². The Hall–Kier alpha value is -2.10. The van der Waals surface area contributed by atoms with Crippen LogP contribution in [0.25, 0.3) is 11.3 Å². The lowest BCUT2D eigenvalue weighted by Crippen LogP contribution is -2.12. The van der Waals surface area contributed by atoms with Crippen LogP contribution >= 0.6 is 0 Å².